The molecular formula is C8H11ClIN3O. The van der Waals surface area contributed by atoms with Crippen molar-refractivity contribution < 1.29 is 0 Å². The minimum atomic E-state index is -0.141. The van der Waals surface area contributed by atoms with Crippen LogP contribution in [0.3, 0.4) is 0 Å². The van der Waals surface area contributed by atoms with Gasteiger partial charge >= 0.3 is 0 Å². The van der Waals surface area contributed by atoms with Gasteiger partial charge in [0.2, 0.25) is 0 Å². The Morgan fingerprint density at radius 2 is 2.29 bits per heavy atom. The smallest absolute Gasteiger partial charge is 0.266 e. The van der Waals surface area contributed by atoms with Gasteiger partial charge in [-0.25, -0.2) is 4.98 Å². The van der Waals surface area contributed by atoms with Crippen molar-refractivity contribution in [3.05, 3.63) is 20.3 Å². The third-order valence-electron chi connectivity index (χ3n) is 1.85. The predicted molar refractivity (Wildman–Crippen MR) is 66.0 cm³/mol. The molecular weight excluding hydrogens is 316 g/mol. The van der Waals surface area contributed by atoms with Gasteiger partial charge < -0.3 is 10.3 Å². The monoisotopic (exact) mass is 327 g/mol. The fourth-order valence-electron chi connectivity index (χ4n) is 0.814. The summed E-state index contributed by atoms with van der Waals surface area (Å²) >= 11 is 7.84. The molecule has 4 nitrogen and oxygen atoms in total. The van der Waals surface area contributed by atoms with Crippen molar-refractivity contribution in [3.8, 4) is 0 Å². The van der Waals surface area contributed by atoms with E-state index in [0.717, 1.165) is 0 Å². The van der Waals surface area contributed by atoms with Crippen LogP contribution in [0.1, 0.15) is 13.8 Å². The summed E-state index contributed by atoms with van der Waals surface area (Å²) in [5.41, 5.74) is -0.141. The molecule has 0 amide bonds. The zero-order valence-corrected chi connectivity index (χ0v) is 10.8. The first-order valence-corrected chi connectivity index (χ1v) is 5.67. The molecule has 0 aromatic carbocycles. The molecule has 2 atom stereocenters. The van der Waals surface area contributed by atoms with Gasteiger partial charge in [-0.2, -0.15) is 0 Å². The van der Waals surface area contributed by atoms with Gasteiger partial charge in [0, 0.05) is 6.04 Å². The van der Waals surface area contributed by atoms with Gasteiger partial charge in [0.25, 0.3) is 5.56 Å². The summed E-state index contributed by atoms with van der Waals surface area (Å²) in [6.07, 6.45) is 1.37. The fourth-order valence-corrected chi connectivity index (χ4v) is 1.33. The second kappa shape index (κ2) is 4.97. The van der Waals surface area contributed by atoms with E-state index >= 15 is 0 Å². The average Bonchev–Trinajstić information content (AvgIpc) is 2.12. The molecule has 0 bridgehead atoms. The molecule has 0 saturated carbocycles. The van der Waals surface area contributed by atoms with Gasteiger partial charge in [0.15, 0.2) is 0 Å². The largest absolute Gasteiger partial charge is 0.365 e. The third-order valence-corrected chi connectivity index (χ3v) is 3.23. The average molecular weight is 328 g/mol. The highest BCUT2D eigenvalue weighted by Crippen LogP contribution is 2.13. The summed E-state index contributed by atoms with van der Waals surface area (Å²) in [6.45, 7) is 3.83. The Morgan fingerprint density at radius 1 is 1.64 bits per heavy atom. The van der Waals surface area contributed by atoms with Crippen molar-refractivity contribution in [2.75, 3.05) is 5.32 Å². The molecule has 0 radical (unpaired) electrons. The number of rotatable bonds is 3. The highest BCUT2D eigenvalue weighted by Gasteiger charge is 2.12. The van der Waals surface area contributed by atoms with Crippen LogP contribution in [0.5, 0.6) is 0 Å². The van der Waals surface area contributed by atoms with Gasteiger partial charge in [-0.1, -0.05) is 0 Å². The van der Waals surface area contributed by atoms with Gasteiger partial charge in [-0.05, 0) is 36.4 Å². The molecule has 0 saturated heterocycles. The highest BCUT2D eigenvalue weighted by atomic mass is 127. The second-order valence-electron chi connectivity index (χ2n) is 3.00. The van der Waals surface area contributed by atoms with E-state index in [9.17, 15) is 4.79 Å². The molecule has 0 spiro atoms. The van der Waals surface area contributed by atoms with E-state index in [0.29, 0.717) is 9.39 Å². The molecule has 78 valence electrons. The first-order valence-electron chi connectivity index (χ1n) is 4.16. The highest BCUT2D eigenvalue weighted by molar-refractivity contribution is 14.1. The van der Waals surface area contributed by atoms with Crippen molar-refractivity contribution in [1.82, 2.24) is 9.97 Å². The molecule has 6 heteroatoms. The SMILES string of the molecule is CC(Cl)C(C)Nc1nc[nH]c(=O)c1I. The number of halogens is 2. The summed E-state index contributed by atoms with van der Waals surface area (Å²) in [5.74, 6) is 0.578. The van der Waals surface area contributed by atoms with Crippen molar-refractivity contribution in [1.29, 1.82) is 0 Å². The number of alkyl halides is 1. The molecule has 14 heavy (non-hydrogen) atoms. The molecule has 0 aliphatic heterocycles. The van der Waals surface area contributed by atoms with E-state index in [1.54, 1.807) is 0 Å². The molecule has 0 fully saturated rings. The summed E-state index contributed by atoms with van der Waals surface area (Å²) in [4.78, 5) is 17.7. The van der Waals surface area contributed by atoms with Crippen LogP contribution in [0.15, 0.2) is 11.1 Å². The molecule has 2 unspecified atom stereocenters. The number of hydrogen-bond donors (Lipinski definition) is 2. The fraction of sp³-hybridized carbons (Fsp3) is 0.500. The van der Waals surface area contributed by atoms with Gasteiger partial charge in [0.1, 0.15) is 9.39 Å². The van der Waals surface area contributed by atoms with Crippen molar-refractivity contribution >= 4 is 40.0 Å². The minimum Gasteiger partial charge on any atom is -0.365 e. The lowest BCUT2D eigenvalue weighted by atomic mass is 10.2. The molecule has 0 aliphatic carbocycles. The minimum absolute atomic E-state index is 0.0214. The number of aromatic nitrogens is 2. The van der Waals surface area contributed by atoms with Crippen LogP contribution < -0.4 is 10.9 Å². The Hall–Kier alpha value is -0.300. The molecule has 1 aromatic heterocycles. The maximum absolute atomic E-state index is 11.2. The Kier molecular flexibility index (Phi) is 4.18. The van der Waals surface area contributed by atoms with E-state index < -0.39 is 0 Å². The summed E-state index contributed by atoms with van der Waals surface area (Å²) in [6, 6.07) is 0.0690. The van der Waals surface area contributed by atoms with Crippen LogP contribution in [0.4, 0.5) is 5.82 Å². The standard InChI is InChI=1S/C8H11ClIN3O/c1-4(9)5(2)13-7-6(10)8(14)12-3-11-7/h3-5H,1-2H3,(H2,11,12,13,14). The topological polar surface area (TPSA) is 57.8 Å². The van der Waals surface area contributed by atoms with Crippen LogP contribution in [-0.2, 0) is 0 Å². The van der Waals surface area contributed by atoms with Crippen molar-refractivity contribution in [2.45, 2.75) is 25.3 Å². The van der Waals surface area contributed by atoms with Crippen LogP contribution in [0, 0.1) is 3.57 Å². The van der Waals surface area contributed by atoms with Gasteiger partial charge in [-0.3, -0.25) is 4.79 Å². The lowest BCUT2D eigenvalue weighted by Gasteiger charge is -2.16. The first-order chi connectivity index (χ1) is 6.52. The quantitative estimate of drug-likeness (QED) is 0.657. The first kappa shape index (κ1) is 11.8. The number of anilines is 1. The maximum Gasteiger partial charge on any atom is 0.266 e. The van der Waals surface area contributed by atoms with E-state index in [1.165, 1.54) is 6.33 Å². The van der Waals surface area contributed by atoms with Crippen molar-refractivity contribution in [2.24, 2.45) is 0 Å². The van der Waals surface area contributed by atoms with Crippen LogP contribution in [-0.4, -0.2) is 21.4 Å². The zero-order chi connectivity index (χ0) is 10.7. The number of hydrogen-bond acceptors (Lipinski definition) is 3. The third kappa shape index (κ3) is 2.84. The van der Waals surface area contributed by atoms with E-state index in [1.807, 2.05) is 36.4 Å². The summed E-state index contributed by atoms with van der Waals surface area (Å²) in [5, 5.41) is 3.06. The number of nitrogens with zero attached hydrogens (tertiary/aromatic N) is 1. The van der Waals surface area contributed by atoms with Crippen LogP contribution >= 0.6 is 34.2 Å². The van der Waals surface area contributed by atoms with E-state index in [4.69, 9.17) is 11.6 Å². The number of aromatic amines is 1. The van der Waals surface area contributed by atoms with E-state index in [-0.39, 0.29) is 17.0 Å². The Bertz CT molecular complexity index is 366. The van der Waals surface area contributed by atoms with Gasteiger partial charge in [-0.15, -0.1) is 11.6 Å². The Balaban J connectivity index is 2.87. The number of H-pyrrole nitrogens is 1. The molecule has 1 heterocycles. The Morgan fingerprint density at radius 3 is 2.86 bits per heavy atom. The van der Waals surface area contributed by atoms with E-state index in [2.05, 4.69) is 15.3 Å². The second-order valence-corrected chi connectivity index (χ2v) is 4.77. The zero-order valence-electron chi connectivity index (χ0n) is 7.84. The van der Waals surface area contributed by atoms with Crippen molar-refractivity contribution in [3.63, 3.8) is 0 Å². The summed E-state index contributed by atoms with van der Waals surface area (Å²) in [7, 11) is 0. The lowest BCUT2D eigenvalue weighted by Crippen LogP contribution is -2.26. The molecule has 2 N–H and O–H groups in total. The Labute approximate surface area is 101 Å². The van der Waals surface area contributed by atoms with Gasteiger partial charge in [0.05, 0.1) is 11.7 Å². The maximum atomic E-state index is 11.2. The predicted octanol–water partition coefficient (Wildman–Crippen LogP) is 1.80. The normalized spacial score (nSPS) is 14.9. The number of nitrogens with one attached hydrogen (secondary N) is 2. The molecule has 1 rings (SSSR count). The summed E-state index contributed by atoms with van der Waals surface area (Å²) < 4.78 is 0.550. The molecule has 0 aliphatic rings. The lowest BCUT2D eigenvalue weighted by molar-refractivity contribution is 0.765. The van der Waals surface area contributed by atoms with Crippen LogP contribution in [0.2, 0.25) is 0 Å². The van der Waals surface area contributed by atoms with Crippen LogP contribution in [0.25, 0.3) is 0 Å². The molecule has 1 aromatic rings.